The van der Waals surface area contributed by atoms with Crippen molar-refractivity contribution in [3.8, 4) is 0 Å². The second-order valence-corrected chi connectivity index (χ2v) is 4.95. The van der Waals surface area contributed by atoms with Gasteiger partial charge < -0.3 is 4.74 Å². The van der Waals surface area contributed by atoms with Gasteiger partial charge in [0.1, 0.15) is 0 Å². The van der Waals surface area contributed by atoms with E-state index in [1.807, 2.05) is 12.3 Å². The van der Waals surface area contributed by atoms with Crippen LogP contribution < -0.4 is 11.3 Å². The van der Waals surface area contributed by atoms with Crippen molar-refractivity contribution in [2.75, 3.05) is 7.11 Å². The Hall–Kier alpha value is -0.970. The summed E-state index contributed by atoms with van der Waals surface area (Å²) in [4.78, 5) is 4.15. The first-order chi connectivity index (χ1) is 8.00. The lowest BCUT2D eigenvalue weighted by Crippen LogP contribution is -2.31. The molecule has 4 nitrogen and oxygen atoms in total. The summed E-state index contributed by atoms with van der Waals surface area (Å²) in [6, 6.07) is 2.12. The zero-order valence-electron chi connectivity index (χ0n) is 11.2. The number of methoxy groups -OCH3 is 1. The maximum atomic E-state index is 5.63. The van der Waals surface area contributed by atoms with E-state index in [-0.39, 0.29) is 11.6 Å². The van der Waals surface area contributed by atoms with E-state index in [1.54, 1.807) is 13.3 Å². The average Bonchev–Trinajstić information content (AvgIpc) is 2.32. The summed E-state index contributed by atoms with van der Waals surface area (Å²) in [5.74, 6) is 5.63. The third kappa shape index (κ3) is 4.07. The SMILES string of the molecule is COC(C)(C)CCC(NN)c1cnccc1C. The van der Waals surface area contributed by atoms with Crippen LogP contribution in [0, 0.1) is 6.92 Å². The largest absolute Gasteiger partial charge is 0.379 e. The summed E-state index contributed by atoms with van der Waals surface area (Å²) >= 11 is 0. The first kappa shape index (κ1) is 14.1. The zero-order valence-corrected chi connectivity index (χ0v) is 11.2. The van der Waals surface area contributed by atoms with Gasteiger partial charge in [-0.05, 0) is 50.8 Å². The van der Waals surface area contributed by atoms with Crippen LogP contribution in [-0.2, 0) is 4.74 Å². The summed E-state index contributed by atoms with van der Waals surface area (Å²) in [5, 5.41) is 0. The lowest BCUT2D eigenvalue weighted by atomic mass is 9.94. The third-order valence-corrected chi connectivity index (χ3v) is 3.24. The highest BCUT2D eigenvalue weighted by molar-refractivity contribution is 5.24. The van der Waals surface area contributed by atoms with Crippen molar-refractivity contribution >= 4 is 0 Å². The predicted molar refractivity (Wildman–Crippen MR) is 69.4 cm³/mol. The molecule has 1 rings (SSSR count). The van der Waals surface area contributed by atoms with Gasteiger partial charge in [-0.3, -0.25) is 16.3 Å². The Bertz CT molecular complexity index is 352. The zero-order chi connectivity index (χ0) is 12.9. The van der Waals surface area contributed by atoms with Crippen LogP contribution in [0.15, 0.2) is 18.5 Å². The molecule has 1 atom stereocenters. The molecule has 0 bridgehead atoms. The van der Waals surface area contributed by atoms with Gasteiger partial charge in [-0.2, -0.15) is 0 Å². The minimum Gasteiger partial charge on any atom is -0.379 e. The molecule has 96 valence electrons. The fourth-order valence-corrected chi connectivity index (χ4v) is 1.76. The number of pyridine rings is 1. The lowest BCUT2D eigenvalue weighted by Gasteiger charge is -2.26. The minimum absolute atomic E-state index is 0.120. The van der Waals surface area contributed by atoms with Gasteiger partial charge in [-0.25, -0.2) is 0 Å². The van der Waals surface area contributed by atoms with Crippen molar-refractivity contribution in [1.29, 1.82) is 0 Å². The maximum Gasteiger partial charge on any atom is 0.0623 e. The van der Waals surface area contributed by atoms with Crippen molar-refractivity contribution in [2.24, 2.45) is 5.84 Å². The fraction of sp³-hybridized carbons (Fsp3) is 0.615. The molecular formula is C13H23N3O. The Morgan fingerprint density at radius 3 is 2.76 bits per heavy atom. The van der Waals surface area contributed by atoms with Gasteiger partial charge in [0.05, 0.1) is 5.60 Å². The van der Waals surface area contributed by atoms with Crippen molar-refractivity contribution in [1.82, 2.24) is 10.4 Å². The molecule has 0 aliphatic carbocycles. The topological polar surface area (TPSA) is 60.2 Å². The molecule has 0 fully saturated rings. The minimum atomic E-state index is -0.120. The highest BCUT2D eigenvalue weighted by atomic mass is 16.5. The Labute approximate surface area is 104 Å². The standard InChI is InChI=1S/C13H23N3O/c1-10-6-8-15-9-11(10)12(16-14)5-7-13(2,3)17-4/h6,8-9,12,16H,5,7,14H2,1-4H3. The van der Waals surface area contributed by atoms with Crippen molar-refractivity contribution in [3.05, 3.63) is 29.6 Å². The monoisotopic (exact) mass is 237 g/mol. The molecule has 0 spiro atoms. The van der Waals surface area contributed by atoms with E-state index in [4.69, 9.17) is 10.6 Å². The Morgan fingerprint density at radius 2 is 2.24 bits per heavy atom. The average molecular weight is 237 g/mol. The number of hydrogen-bond donors (Lipinski definition) is 2. The second kappa shape index (κ2) is 6.10. The van der Waals surface area contributed by atoms with Gasteiger partial charge in [0, 0.05) is 25.5 Å². The molecule has 1 aromatic heterocycles. The molecule has 1 unspecified atom stereocenters. The smallest absolute Gasteiger partial charge is 0.0623 e. The second-order valence-electron chi connectivity index (χ2n) is 4.95. The number of aromatic nitrogens is 1. The summed E-state index contributed by atoms with van der Waals surface area (Å²) in [6.07, 6.45) is 5.53. The number of nitrogens with two attached hydrogens (primary N) is 1. The molecule has 0 aliphatic heterocycles. The normalized spacial score (nSPS) is 13.7. The molecule has 0 amide bonds. The number of aryl methyl sites for hydroxylation is 1. The molecule has 0 aromatic carbocycles. The highest BCUT2D eigenvalue weighted by Gasteiger charge is 2.20. The van der Waals surface area contributed by atoms with Gasteiger partial charge in [-0.15, -0.1) is 0 Å². The van der Waals surface area contributed by atoms with Gasteiger partial charge in [0.2, 0.25) is 0 Å². The first-order valence-corrected chi connectivity index (χ1v) is 5.92. The first-order valence-electron chi connectivity index (χ1n) is 5.92. The van der Waals surface area contributed by atoms with E-state index in [0.717, 1.165) is 18.4 Å². The molecule has 1 aromatic rings. The lowest BCUT2D eigenvalue weighted by molar-refractivity contribution is 0.0116. The van der Waals surface area contributed by atoms with Crippen LogP contribution in [0.25, 0.3) is 0 Å². The third-order valence-electron chi connectivity index (χ3n) is 3.24. The molecule has 1 heterocycles. The maximum absolute atomic E-state index is 5.63. The van der Waals surface area contributed by atoms with E-state index < -0.39 is 0 Å². The number of hydrazine groups is 1. The van der Waals surface area contributed by atoms with Crippen LogP contribution in [0.2, 0.25) is 0 Å². The van der Waals surface area contributed by atoms with E-state index in [9.17, 15) is 0 Å². The van der Waals surface area contributed by atoms with Gasteiger partial charge in [0.15, 0.2) is 0 Å². The van der Waals surface area contributed by atoms with Crippen LogP contribution in [0.1, 0.15) is 43.9 Å². The number of rotatable bonds is 6. The van der Waals surface area contributed by atoms with Crippen LogP contribution in [0.4, 0.5) is 0 Å². The van der Waals surface area contributed by atoms with E-state index in [2.05, 4.69) is 31.2 Å². The van der Waals surface area contributed by atoms with E-state index >= 15 is 0 Å². The Kier molecular flexibility index (Phi) is 5.05. The summed E-state index contributed by atoms with van der Waals surface area (Å²) < 4.78 is 5.41. The number of nitrogens with zero attached hydrogens (tertiary/aromatic N) is 1. The molecule has 0 radical (unpaired) electrons. The van der Waals surface area contributed by atoms with Crippen molar-refractivity contribution < 1.29 is 4.74 Å². The summed E-state index contributed by atoms with van der Waals surface area (Å²) in [5.41, 5.74) is 5.10. The molecule has 4 heteroatoms. The molecule has 0 saturated heterocycles. The van der Waals surface area contributed by atoms with E-state index in [0.29, 0.717) is 0 Å². The summed E-state index contributed by atoms with van der Waals surface area (Å²) in [7, 11) is 1.74. The van der Waals surface area contributed by atoms with Crippen molar-refractivity contribution in [3.63, 3.8) is 0 Å². The van der Waals surface area contributed by atoms with Crippen molar-refractivity contribution in [2.45, 2.75) is 45.3 Å². The van der Waals surface area contributed by atoms with Gasteiger partial charge >= 0.3 is 0 Å². The van der Waals surface area contributed by atoms with Crippen LogP contribution >= 0.6 is 0 Å². The quantitative estimate of drug-likeness (QED) is 0.587. The number of hydrogen-bond acceptors (Lipinski definition) is 4. The highest BCUT2D eigenvalue weighted by Crippen LogP contribution is 2.25. The molecule has 0 saturated carbocycles. The summed E-state index contributed by atoms with van der Waals surface area (Å²) in [6.45, 7) is 6.23. The Morgan fingerprint density at radius 1 is 1.53 bits per heavy atom. The van der Waals surface area contributed by atoms with Gasteiger partial charge in [0.25, 0.3) is 0 Å². The number of nitrogens with one attached hydrogen (secondary N) is 1. The van der Waals surface area contributed by atoms with Crippen LogP contribution in [-0.4, -0.2) is 17.7 Å². The van der Waals surface area contributed by atoms with Crippen LogP contribution in [0.3, 0.4) is 0 Å². The molecule has 17 heavy (non-hydrogen) atoms. The fourth-order valence-electron chi connectivity index (χ4n) is 1.76. The predicted octanol–water partition coefficient (Wildman–Crippen LogP) is 2.10. The van der Waals surface area contributed by atoms with E-state index in [1.165, 1.54) is 5.56 Å². The molecular weight excluding hydrogens is 214 g/mol. The Balaban J connectivity index is 2.70. The van der Waals surface area contributed by atoms with Gasteiger partial charge in [-0.1, -0.05) is 0 Å². The number of ether oxygens (including phenoxy) is 1. The molecule has 0 aliphatic rings. The van der Waals surface area contributed by atoms with Crippen LogP contribution in [0.5, 0.6) is 0 Å². The molecule has 3 N–H and O–H groups in total.